The van der Waals surface area contributed by atoms with Crippen LogP contribution in [0.4, 0.5) is 0 Å². The van der Waals surface area contributed by atoms with Gasteiger partial charge in [-0.3, -0.25) is 0 Å². The smallest absolute Gasteiger partial charge is 0.0454 e. The molecule has 0 aliphatic carbocycles. The zero-order valence-corrected chi connectivity index (χ0v) is 10.2. The first-order valence-electron chi connectivity index (χ1n) is 5.64. The molecule has 0 spiro atoms. The summed E-state index contributed by atoms with van der Waals surface area (Å²) in [6, 6.07) is 4.35. The van der Waals surface area contributed by atoms with Crippen molar-refractivity contribution in [1.29, 1.82) is 0 Å². The second kappa shape index (κ2) is 5.03. The van der Waals surface area contributed by atoms with E-state index in [0.29, 0.717) is 0 Å². The third-order valence-electron chi connectivity index (χ3n) is 3.13. The fourth-order valence-electron chi connectivity index (χ4n) is 2.11. The van der Waals surface area contributed by atoms with Gasteiger partial charge in [0.15, 0.2) is 0 Å². The van der Waals surface area contributed by atoms with Crippen molar-refractivity contribution in [2.45, 2.75) is 46.5 Å². The third kappa shape index (κ3) is 2.42. The van der Waals surface area contributed by atoms with E-state index in [4.69, 9.17) is 6.42 Å². The number of hydrogen-bond acceptors (Lipinski definition) is 0. The van der Waals surface area contributed by atoms with Gasteiger partial charge in [-0.25, -0.2) is 0 Å². The molecule has 0 nitrogen and oxygen atoms in total. The van der Waals surface area contributed by atoms with Crippen LogP contribution in [0.1, 0.15) is 47.9 Å². The predicted octanol–water partition coefficient (Wildman–Crippen LogP) is 4.13. The average molecular weight is 200 g/mol. The van der Waals surface area contributed by atoms with Crippen molar-refractivity contribution in [2.75, 3.05) is 0 Å². The van der Waals surface area contributed by atoms with Gasteiger partial charge in [-0.1, -0.05) is 31.4 Å². The zero-order chi connectivity index (χ0) is 11.4. The molecule has 1 aromatic carbocycles. The lowest BCUT2D eigenvalue weighted by atomic mass is 9.86. The molecule has 0 saturated carbocycles. The molecule has 0 heterocycles. The van der Waals surface area contributed by atoms with E-state index >= 15 is 0 Å². The Bertz CT molecular complexity index is 380. The molecular formula is C15H20. The van der Waals surface area contributed by atoms with Crippen LogP contribution < -0.4 is 0 Å². The largest absolute Gasteiger partial charge is 0.119 e. The fourth-order valence-corrected chi connectivity index (χ4v) is 2.11. The number of rotatable bonds is 3. The first-order valence-corrected chi connectivity index (χ1v) is 5.64. The first-order chi connectivity index (χ1) is 7.11. The van der Waals surface area contributed by atoms with Crippen molar-refractivity contribution in [3.63, 3.8) is 0 Å². The summed E-state index contributed by atoms with van der Waals surface area (Å²) < 4.78 is 0. The van der Waals surface area contributed by atoms with Gasteiger partial charge in [-0.15, -0.1) is 6.42 Å². The van der Waals surface area contributed by atoms with Gasteiger partial charge in [0.2, 0.25) is 0 Å². The monoisotopic (exact) mass is 200 g/mol. The molecule has 1 rings (SSSR count). The van der Waals surface area contributed by atoms with Crippen LogP contribution in [-0.2, 0) is 0 Å². The highest BCUT2D eigenvalue weighted by molar-refractivity contribution is 5.44. The molecule has 0 bridgehead atoms. The minimum absolute atomic E-state index is 0.287. The summed E-state index contributed by atoms with van der Waals surface area (Å²) in [5.41, 5.74) is 5.41. The summed E-state index contributed by atoms with van der Waals surface area (Å²) >= 11 is 0. The lowest BCUT2D eigenvalue weighted by Crippen LogP contribution is -2.02. The Morgan fingerprint density at radius 1 is 1.20 bits per heavy atom. The van der Waals surface area contributed by atoms with E-state index < -0.39 is 0 Å². The number of terminal acetylenes is 1. The molecule has 1 unspecified atom stereocenters. The number of hydrogen-bond donors (Lipinski definition) is 0. The molecule has 15 heavy (non-hydrogen) atoms. The van der Waals surface area contributed by atoms with Crippen LogP contribution in [0, 0.1) is 33.1 Å². The highest BCUT2D eigenvalue weighted by Crippen LogP contribution is 2.28. The maximum Gasteiger partial charge on any atom is 0.0454 e. The zero-order valence-electron chi connectivity index (χ0n) is 10.2. The van der Waals surface area contributed by atoms with Crippen LogP contribution >= 0.6 is 0 Å². The topological polar surface area (TPSA) is 0 Å². The average Bonchev–Trinajstić information content (AvgIpc) is 2.22. The Hall–Kier alpha value is -1.22. The van der Waals surface area contributed by atoms with Crippen LogP contribution in [0.15, 0.2) is 12.1 Å². The van der Waals surface area contributed by atoms with E-state index in [1.54, 1.807) is 0 Å². The molecular weight excluding hydrogens is 180 g/mol. The second-order valence-corrected chi connectivity index (χ2v) is 4.25. The maximum atomic E-state index is 5.63. The van der Waals surface area contributed by atoms with E-state index in [-0.39, 0.29) is 5.92 Å². The van der Waals surface area contributed by atoms with Crippen molar-refractivity contribution < 1.29 is 0 Å². The van der Waals surface area contributed by atoms with E-state index in [1.807, 2.05) is 0 Å². The molecule has 0 amide bonds. The van der Waals surface area contributed by atoms with E-state index in [0.717, 1.165) is 12.8 Å². The third-order valence-corrected chi connectivity index (χ3v) is 3.13. The van der Waals surface area contributed by atoms with Gasteiger partial charge in [0.25, 0.3) is 0 Å². The van der Waals surface area contributed by atoms with Crippen molar-refractivity contribution in [3.8, 4) is 12.3 Å². The van der Waals surface area contributed by atoms with Crippen molar-refractivity contribution >= 4 is 0 Å². The molecule has 0 radical (unpaired) electrons. The van der Waals surface area contributed by atoms with Crippen LogP contribution in [0.2, 0.25) is 0 Å². The summed E-state index contributed by atoms with van der Waals surface area (Å²) in [4.78, 5) is 0. The number of benzene rings is 1. The van der Waals surface area contributed by atoms with Crippen molar-refractivity contribution in [3.05, 3.63) is 34.4 Å². The van der Waals surface area contributed by atoms with E-state index in [9.17, 15) is 0 Å². The molecule has 0 N–H and O–H groups in total. The molecule has 0 aliphatic heterocycles. The molecule has 80 valence electrons. The highest BCUT2D eigenvalue weighted by Gasteiger charge is 2.13. The molecule has 1 aromatic rings. The predicted molar refractivity (Wildman–Crippen MR) is 67.1 cm³/mol. The minimum Gasteiger partial charge on any atom is -0.119 e. The molecule has 0 aliphatic rings. The molecule has 0 heteroatoms. The Morgan fingerprint density at radius 3 is 2.33 bits per heavy atom. The maximum absolute atomic E-state index is 5.63. The van der Waals surface area contributed by atoms with Gasteiger partial charge in [0, 0.05) is 5.92 Å². The lowest BCUT2D eigenvalue weighted by molar-refractivity contribution is 0.726. The lowest BCUT2D eigenvalue weighted by Gasteiger charge is -2.17. The Morgan fingerprint density at radius 2 is 1.80 bits per heavy atom. The molecule has 0 fully saturated rings. The molecule has 1 atom stereocenters. The van der Waals surface area contributed by atoms with Gasteiger partial charge in [0.1, 0.15) is 0 Å². The summed E-state index contributed by atoms with van der Waals surface area (Å²) in [6.45, 7) is 8.67. The fraction of sp³-hybridized carbons (Fsp3) is 0.467. The Kier molecular flexibility index (Phi) is 3.97. The quantitative estimate of drug-likeness (QED) is 0.644. The van der Waals surface area contributed by atoms with E-state index in [2.05, 4.69) is 45.7 Å². The Labute approximate surface area is 93.7 Å². The first kappa shape index (κ1) is 11.9. The van der Waals surface area contributed by atoms with Gasteiger partial charge < -0.3 is 0 Å². The standard InChI is InChI=1S/C15H20/c1-6-8-14(7-2)15-12(4)10-9-11(3)13(15)5/h2,9-10,14H,6,8H2,1,3-5H3. The number of aryl methyl sites for hydroxylation is 2. The van der Waals surface area contributed by atoms with Crippen LogP contribution in [0.5, 0.6) is 0 Å². The van der Waals surface area contributed by atoms with Crippen LogP contribution in [0.3, 0.4) is 0 Å². The molecule has 0 aromatic heterocycles. The van der Waals surface area contributed by atoms with Crippen LogP contribution in [-0.4, -0.2) is 0 Å². The Balaban J connectivity index is 3.22. The van der Waals surface area contributed by atoms with Gasteiger partial charge >= 0.3 is 0 Å². The summed E-state index contributed by atoms with van der Waals surface area (Å²) in [7, 11) is 0. The van der Waals surface area contributed by atoms with Crippen molar-refractivity contribution in [2.24, 2.45) is 0 Å². The summed E-state index contributed by atoms with van der Waals surface area (Å²) in [5.74, 6) is 3.22. The minimum atomic E-state index is 0.287. The van der Waals surface area contributed by atoms with Crippen LogP contribution in [0.25, 0.3) is 0 Å². The summed E-state index contributed by atoms with van der Waals surface area (Å²) in [5, 5.41) is 0. The van der Waals surface area contributed by atoms with Gasteiger partial charge in [0.05, 0.1) is 0 Å². The second-order valence-electron chi connectivity index (χ2n) is 4.25. The normalized spacial score (nSPS) is 12.2. The van der Waals surface area contributed by atoms with Gasteiger partial charge in [-0.05, 0) is 49.4 Å². The summed E-state index contributed by atoms with van der Waals surface area (Å²) in [6.07, 6.45) is 7.85. The molecule has 0 saturated heterocycles. The highest BCUT2D eigenvalue weighted by atomic mass is 14.2. The van der Waals surface area contributed by atoms with E-state index in [1.165, 1.54) is 22.3 Å². The van der Waals surface area contributed by atoms with Gasteiger partial charge in [-0.2, -0.15) is 0 Å². The van der Waals surface area contributed by atoms with Crippen molar-refractivity contribution in [1.82, 2.24) is 0 Å². The SMILES string of the molecule is C#CC(CCC)c1c(C)ccc(C)c1C.